The van der Waals surface area contributed by atoms with Gasteiger partial charge in [0.2, 0.25) is 5.96 Å². The predicted molar refractivity (Wildman–Crippen MR) is 105 cm³/mol. The van der Waals surface area contributed by atoms with Crippen LogP contribution in [0.5, 0.6) is 0 Å². The fraction of sp³-hybridized carbons (Fsp3) is 0.0952. The average Bonchev–Trinajstić information content (AvgIpc) is 3.23. The van der Waals surface area contributed by atoms with E-state index in [0.29, 0.717) is 5.96 Å². The number of hydrogen-bond donors (Lipinski definition) is 2. The van der Waals surface area contributed by atoms with Crippen molar-refractivity contribution in [1.82, 2.24) is 5.43 Å². The van der Waals surface area contributed by atoms with Gasteiger partial charge in [0, 0.05) is 11.9 Å². The summed E-state index contributed by atoms with van der Waals surface area (Å²) in [5.41, 5.74) is 15.3. The summed E-state index contributed by atoms with van der Waals surface area (Å²) >= 11 is 0. The van der Waals surface area contributed by atoms with Gasteiger partial charge in [0.05, 0.1) is 11.4 Å². The molecule has 0 saturated heterocycles. The van der Waals surface area contributed by atoms with Gasteiger partial charge < -0.3 is 5.73 Å². The molecule has 0 amide bonds. The zero-order chi connectivity index (χ0) is 16.8. The van der Waals surface area contributed by atoms with Crippen LogP contribution in [-0.4, -0.2) is 12.5 Å². The molecular formula is C21H18N4. The van der Waals surface area contributed by atoms with Gasteiger partial charge in [-0.1, -0.05) is 54.6 Å². The second-order valence-electron chi connectivity index (χ2n) is 6.42. The second kappa shape index (κ2) is 5.38. The van der Waals surface area contributed by atoms with E-state index in [2.05, 4.69) is 70.0 Å². The monoisotopic (exact) mass is 326 g/mol. The number of para-hydroxylation sites is 1. The number of nitrogens with two attached hydrogens (primary N) is 1. The molecule has 0 saturated carbocycles. The Morgan fingerprint density at radius 3 is 2.72 bits per heavy atom. The zero-order valence-electron chi connectivity index (χ0n) is 13.7. The minimum absolute atomic E-state index is 0.406. The Bertz CT molecular complexity index is 1040. The number of fused-ring (bicyclic) bond motifs is 1. The lowest BCUT2D eigenvalue weighted by Crippen LogP contribution is -2.45. The summed E-state index contributed by atoms with van der Waals surface area (Å²) in [7, 11) is 0. The average molecular weight is 326 g/mol. The Balaban J connectivity index is 1.49. The van der Waals surface area contributed by atoms with Gasteiger partial charge in [-0.05, 0) is 40.6 Å². The van der Waals surface area contributed by atoms with E-state index < -0.39 is 0 Å². The Morgan fingerprint density at radius 1 is 0.960 bits per heavy atom. The number of rotatable bonds is 2. The van der Waals surface area contributed by atoms with Crippen molar-refractivity contribution in [3.05, 3.63) is 71.3 Å². The van der Waals surface area contributed by atoms with Crippen LogP contribution in [0.15, 0.2) is 59.6 Å². The first kappa shape index (κ1) is 14.1. The van der Waals surface area contributed by atoms with Crippen molar-refractivity contribution in [1.29, 1.82) is 0 Å². The van der Waals surface area contributed by atoms with Gasteiger partial charge in [0.15, 0.2) is 0 Å². The lowest BCUT2D eigenvalue weighted by Gasteiger charge is -2.21. The molecule has 2 aliphatic rings. The van der Waals surface area contributed by atoms with Gasteiger partial charge in [0.1, 0.15) is 0 Å². The van der Waals surface area contributed by atoms with Crippen LogP contribution in [0.1, 0.15) is 16.7 Å². The quantitative estimate of drug-likeness (QED) is 0.435. The molecule has 3 aromatic carbocycles. The van der Waals surface area contributed by atoms with E-state index in [1.165, 1.54) is 27.8 Å². The minimum atomic E-state index is 0.406. The highest BCUT2D eigenvalue weighted by atomic mass is 15.5. The molecule has 0 atom stereocenters. The van der Waals surface area contributed by atoms with E-state index >= 15 is 0 Å². The molecule has 1 aliphatic carbocycles. The lowest BCUT2D eigenvalue weighted by molar-refractivity contribution is 0.794. The Labute approximate surface area is 146 Å². The molecule has 4 heteroatoms. The first-order valence-corrected chi connectivity index (χ1v) is 8.50. The van der Waals surface area contributed by atoms with Crippen molar-refractivity contribution in [2.45, 2.75) is 6.42 Å². The molecule has 0 aromatic heterocycles. The zero-order valence-corrected chi connectivity index (χ0v) is 13.7. The first-order chi connectivity index (χ1) is 12.3. The molecule has 4 nitrogen and oxygen atoms in total. The third-order valence-electron chi connectivity index (χ3n) is 4.90. The number of anilines is 1. The molecule has 25 heavy (non-hydrogen) atoms. The maximum Gasteiger partial charge on any atom is 0.213 e. The lowest BCUT2D eigenvalue weighted by atomic mass is 10.0. The number of hydrogen-bond acceptors (Lipinski definition) is 2. The number of benzene rings is 3. The van der Waals surface area contributed by atoms with Gasteiger partial charge in [-0.25, -0.2) is 4.99 Å². The molecule has 1 aliphatic heterocycles. The summed E-state index contributed by atoms with van der Waals surface area (Å²) in [6.07, 6.45) is 5.31. The van der Waals surface area contributed by atoms with Crippen molar-refractivity contribution in [2.24, 2.45) is 10.7 Å². The molecular weight excluding hydrogens is 308 g/mol. The second-order valence-corrected chi connectivity index (χ2v) is 6.42. The maximum atomic E-state index is 6.21. The first-order valence-electron chi connectivity index (χ1n) is 8.50. The number of aliphatic imine (C=N–C) groups is 1. The molecule has 0 bridgehead atoms. The minimum Gasteiger partial charge on any atom is -0.368 e. The number of guanidine groups is 1. The molecule has 0 spiro atoms. The third kappa shape index (κ3) is 2.26. The molecule has 5 rings (SSSR count). The summed E-state index contributed by atoms with van der Waals surface area (Å²) in [5.74, 6) is 0.406. The van der Waals surface area contributed by atoms with Crippen molar-refractivity contribution in [3.8, 4) is 0 Å². The van der Waals surface area contributed by atoms with Gasteiger partial charge in [-0.2, -0.15) is 0 Å². The van der Waals surface area contributed by atoms with Crippen LogP contribution >= 0.6 is 0 Å². The van der Waals surface area contributed by atoms with Gasteiger partial charge in [-0.3, -0.25) is 10.4 Å². The van der Waals surface area contributed by atoms with Crippen molar-refractivity contribution >= 4 is 40.3 Å². The van der Waals surface area contributed by atoms with Gasteiger partial charge >= 0.3 is 0 Å². The number of nitrogens with one attached hydrogen (secondary N) is 1. The summed E-state index contributed by atoms with van der Waals surface area (Å²) in [5, 5.41) is 4.45. The predicted octanol–water partition coefficient (Wildman–Crippen LogP) is 3.84. The summed E-state index contributed by atoms with van der Waals surface area (Å²) in [6.45, 7) is 0.892. The number of nitrogens with zero attached hydrogens (tertiary/aromatic N) is 2. The Kier molecular flexibility index (Phi) is 3.04. The molecule has 3 aromatic rings. The van der Waals surface area contributed by atoms with Crippen molar-refractivity contribution < 1.29 is 0 Å². The highest BCUT2D eigenvalue weighted by Gasteiger charge is 2.19. The fourth-order valence-corrected chi connectivity index (χ4v) is 3.75. The highest BCUT2D eigenvalue weighted by Crippen LogP contribution is 2.36. The van der Waals surface area contributed by atoms with Crippen LogP contribution in [0.4, 0.5) is 11.4 Å². The summed E-state index contributed by atoms with van der Waals surface area (Å²) < 4.78 is 0. The van der Waals surface area contributed by atoms with Crippen LogP contribution in [0, 0.1) is 0 Å². The molecule has 0 radical (unpaired) electrons. The fourth-order valence-electron chi connectivity index (χ4n) is 3.75. The van der Waals surface area contributed by atoms with Gasteiger partial charge in [-0.15, -0.1) is 0 Å². The van der Waals surface area contributed by atoms with Gasteiger partial charge in [0.25, 0.3) is 0 Å². The summed E-state index contributed by atoms with van der Waals surface area (Å²) in [4.78, 5) is 4.65. The van der Waals surface area contributed by atoms with E-state index in [1.54, 1.807) is 0 Å². The van der Waals surface area contributed by atoms with Crippen LogP contribution < -0.4 is 16.2 Å². The third-order valence-corrected chi connectivity index (χ3v) is 4.90. The topological polar surface area (TPSA) is 53.6 Å². The largest absolute Gasteiger partial charge is 0.368 e. The summed E-state index contributed by atoms with van der Waals surface area (Å²) in [6, 6.07) is 18.8. The standard InChI is InChI=1S/C21H18N4/c22-21(24-25-13-12-14-4-1-2-7-19(14)25)23-18-11-10-16-9-8-15-5-3-6-17(18)20(15)16/h1-11H,12-13H2,(H3,22,23,24). The van der Waals surface area contributed by atoms with Crippen molar-refractivity contribution in [3.63, 3.8) is 0 Å². The van der Waals surface area contributed by atoms with E-state index in [-0.39, 0.29) is 0 Å². The maximum absolute atomic E-state index is 6.21. The Morgan fingerprint density at radius 2 is 1.80 bits per heavy atom. The normalized spacial score (nSPS) is 15.0. The smallest absolute Gasteiger partial charge is 0.213 e. The molecule has 1 heterocycles. The molecule has 0 unspecified atom stereocenters. The highest BCUT2D eigenvalue weighted by molar-refractivity contribution is 6.09. The van der Waals surface area contributed by atoms with Crippen molar-refractivity contribution in [2.75, 3.05) is 11.6 Å². The molecule has 3 N–H and O–H groups in total. The van der Waals surface area contributed by atoms with Crippen LogP contribution in [0.2, 0.25) is 0 Å². The van der Waals surface area contributed by atoms with Crippen LogP contribution in [0.3, 0.4) is 0 Å². The van der Waals surface area contributed by atoms with E-state index in [4.69, 9.17) is 5.73 Å². The van der Waals surface area contributed by atoms with E-state index in [1.807, 2.05) is 12.1 Å². The van der Waals surface area contributed by atoms with E-state index in [9.17, 15) is 0 Å². The molecule has 122 valence electrons. The van der Waals surface area contributed by atoms with E-state index in [0.717, 1.165) is 24.0 Å². The molecule has 0 fully saturated rings. The SMILES string of the molecule is NC(=Nc1ccc2c3c(cccc13)C=C2)NN1CCc2ccccc21. The Hall–Kier alpha value is -3.27. The van der Waals surface area contributed by atoms with Crippen LogP contribution in [0.25, 0.3) is 22.9 Å². The number of hydrazine groups is 1. The van der Waals surface area contributed by atoms with Crippen LogP contribution in [-0.2, 0) is 6.42 Å².